The molecule has 2 heterocycles. The molecule has 4 aliphatic rings. The van der Waals surface area contributed by atoms with Crippen molar-refractivity contribution in [2.75, 3.05) is 26.2 Å². The first-order valence-electron chi connectivity index (χ1n) is 13.4. The number of nitrogens with zero attached hydrogens (tertiary/aromatic N) is 2. The predicted molar refractivity (Wildman–Crippen MR) is 130 cm³/mol. The van der Waals surface area contributed by atoms with E-state index in [4.69, 9.17) is 0 Å². The summed E-state index contributed by atoms with van der Waals surface area (Å²) in [5, 5.41) is 3.50. The Hall–Kier alpha value is -2.02. The zero-order valence-corrected chi connectivity index (χ0v) is 21.0. The van der Waals surface area contributed by atoms with Gasteiger partial charge in [0, 0.05) is 25.6 Å². The fourth-order valence-corrected chi connectivity index (χ4v) is 6.66. The number of piperidine rings is 1. The molecule has 4 rings (SSSR count). The molecule has 0 aromatic carbocycles. The molecule has 2 saturated heterocycles. The Morgan fingerprint density at radius 2 is 1.68 bits per heavy atom. The van der Waals surface area contributed by atoms with Crippen molar-refractivity contribution in [2.45, 2.75) is 90.9 Å². The van der Waals surface area contributed by atoms with E-state index < -0.39 is 23.3 Å². The van der Waals surface area contributed by atoms with Crippen LogP contribution >= 0.6 is 0 Å². The molecule has 0 aromatic rings. The molecular weight excluding hydrogens is 430 g/mol. The quantitative estimate of drug-likeness (QED) is 0.479. The normalized spacial score (nSPS) is 30.7. The van der Waals surface area contributed by atoms with Crippen molar-refractivity contribution in [2.24, 2.45) is 16.7 Å². The molecule has 1 spiro atoms. The number of hydrogen-bond donors (Lipinski definition) is 1. The first kappa shape index (κ1) is 25.1. The Kier molecular flexibility index (Phi) is 7.60. The SMILES string of the molecule is CCN1C(=O)N(CC(=O)C2CNCC3(CCCCCCC3)C2)C(=O)C(C)(C2=CCCCC2)C1=O. The summed E-state index contributed by atoms with van der Waals surface area (Å²) in [5.41, 5.74) is -0.456. The summed E-state index contributed by atoms with van der Waals surface area (Å²) in [4.78, 5) is 55.9. The summed E-state index contributed by atoms with van der Waals surface area (Å²) >= 11 is 0. The highest BCUT2D eigenvalue weighted by atomic mass is 16.2. The van der Waals surface area contributed by atoms with Crippen LogP contribution in [0.25, 0.3) is 0 Å². The number of allylic oxidation sites excluding steroid dienone is 1. The maximum absolute atomic E-state index is 13.7. The molecule has 34 heavy (non-hydrogen) atoms. The summed E-state index contributed by atoms with van der Waals surface area (Å²) in [6.07, 6.45) is 14.8. The first-order chi connectivity index (χ1) is 16.3. The van der Waals surface area contributed by atoms with Gasteiger partial charge in [0.1, 0.15) is 5.41 Å². The van der Waals surface area contributed by atoms with Crippen LogP contribution in [0.1, 0.15) is 90.9 Å². The Labute approximate surface area is 203 Å². The van der Waals surface area contributed by atoms with E-state index in [9.17, 15) is 19.2 Å². The number of hydrogen-bond acceptors (Lipinski definition) is 5. The summed E-state index contributed by atoms with van der Waals surface area (Å²) in [5.74, 6) is -1.25. The van der Waals surface area contributed by atoms with E-state index in [1.54, 1.807) is 13.8 Å². The third-order valence-electron chi connectivity index (χ3n) is 8.81. The highest BCUT2D eigenvalue weighted by Gasteiger charge is 2.56. The van der Waals surface area contributed by atoms with Gasteiger partial charge in [-0.1, -0.05) is 38.2 Å². The highest BCUT2D eigenvalue weighted by Crippen LogP contribution is 2.43. The molecule has 1 saturated carbocycles. The molecule has 0 aromatic heterocycles. The lowest BCUT2D eigenvalue weighted by molar-refractivity contribution is -0.156. The van der Waals surface area contributed by atoms with Gasteiger partial charge in [0.2, 0.25) is 5.91 Å². The lowest BCUT2D eigenvalue weighted by Gasteiger charge is -2.45. The lowest BCUT2D eigenvalue weighted by Crippen LogP contribution is -2.66. The van der Waals surface area contributed by atoms with Crippen molar-refractivity contribution in [1.82, 2.24) is 15.1 Å². The average Bonchev–Trinajstić information content (AvgIpc) is 2.84. The van der Waals surface area contributed by atoms with Crippen LogP contribution in [0.3, 0.4) is 0 Å². The molecular formula is C27H41N3O4. The number of Topliss-reactive ketones (excluding diaryl/α,β-unsaturated/α-hetero) is 1. The smallest absolute Gasteiger partial charge is 0.315 e. The van der Waals surface area contributed by atoms with Crippen LogP contribution in [0.4, 0.5) is 4.79 Å². The monoisotopic (exact) mass is 471 g/mol. The number of nitrogens with one attached hydrogen (secondary N) is 1. The number of ketones is 1. The molecule has 3 fully saturated rings. The van der Waals surface area contributed by atoms with Crippen molar-refractivity contribution in [3.63, 3.8) is 0 Å². The average molecular weight is 472 g/mol. The van der Waals surface area contributed by atoms with Crippen LogP contribution in [-0.4, -0.2) is 59.6 Å². The fraction of sp³-hybridized carbons (Fsp3) is 0.778. The molecule has 2 atom stereocenters. The second-order valence-electron chi connectivity index (χ2n) is 11.1. The molecule has 0 bridgehead atoms. The van der Waals surface area contributed by atoms with E-state index in [2.05, 4.69) is 5.32 Å². The Morgan fingerprint density at radius 1 is 1.00 bits per heavy atom. The van der Waals surface area contributed by atoms with Crippen LogP contribution in [0, 0.1) is 16.7 Å². The van der Waals surface area contributed by atoms with Crippen LogP contribution in [0.2, 0.25) is 0 Å². The largest absolute Gasteiger partial charge is 0.333 e. The fourth-order valence-electron chi connectivity index (χ4n) is 6.66. The number of imide groups is 2. The molecule has 4 amide bonds. The van der Waals surface area contributed by atoms with Gasteiger partial charge in [0.15, 0.2) is 5.78 Å². The molecule has 2 aliphatic heterocycles. The maximum Gasteiger partial charge on any atom is 0.333 e. The molecule has 7 heteroatoms. The van der Waals surface area contributed by atoms with Gasteiger partial charge in [-0.25, -0.2) is 4.79 Å². The predicted octanol–water partition coefficient (Wildman–Crippen LogP) is 4.21. The van der Waals surface area contributed by atoms with Crippen LogP contribution < -0.4 is 5.32 Å². The zero-order valence-electron chi connectivity index (χ0n) is 21.0. The molecule has 7 nitrogen and oxygen atoms in total. The topological polar surface area (TPSA) is 86.8 Å². The van der Waals surface area contributed by atoms with Crippen LogP contribution in [0.15, 0.2) is 11.6 Å². The Balaban J connectivity index is 1.53. The van der Waals surface area contributed by atoms with Gasteiger partial charge in [-0.2, -0.15) is 0 Å². The van der Waals surface area contributed by atoms with E-state index in [1.807, 2.05) is 6.08 Å². The highest BCUT2D eigenvalue weighted by molar-refractivity contribution is 6.21. The summed E-state index contributed by atoms with van der Waals surface area (Å²) in [6.45, 7) is 4.87. The summed E-state index contributed by atoms with van der Waals surface area (Å²) in [7, 11) is 0. The van der Waals surface area contributed by atoms with Crippen molar-refractivity contribution in [3.05, 3.63) is 11.6 Å². The number of urea groups is 1. The standard InChI is InChI=1S/C27H41N3O4/c1-3-29-23(32)26(2,21-12-8-7-9-13-21)24(33)30(25(29)34)18-22(31)20-16-27(19-28-17-20)14-10-5-4-6-11-15-27/h12,20,28H,3-11,13-19H2,1-2H3. The number of barbiturate groups is 1. The van der Waals surface area contributed by atoms with E-state index >= 15 is 0 Å². The number of amides is 4. The number of carbonyl (C=O) groups is 4. The minimum absolute atomic E-state index is 0.0688. The maximum atomic E-state index is 13.7. The lowest BCUT2D eigenvalue weighted by atomic mass is 9.68. The van der Waals surface area contributed by atoms with E-state index in [1.165, 1.54) is 32.1 Å². The molecule has 1 N–H and O–H groups in total. The minimum Gasteiger partial charge on any atom is -0.315 e. The van der Waals surface area contributed by atoms with Crippen LogP contribution in [0.5, 0.6) is 0 Å². The van der Waals surface area contributed by atoms with Gasteiger partial charge in [-0.05, 0) is 69.8 Å². The van der Waals surface area contributed by atoms with Crippen LogP contribution in [-0.2, 0) is 14.4 Å². The van der Waals surface area contributed by atoms with Crippen molar-refractivity contribution in [1.29, 1.82) is 0 Å². The third kappa shape index (κ3) is 4.60. The molecule has 0 radical (unpaired) electrons. The second-order valence-corrected chi connectivity index (χ2v) is 11.1. The minimum atomic E-state index is -1.39. The van der Waals surface area contributed by atoms with Gasteiger partial charge in [-0.15, -0.1) is 0 Å². The molecule has 188 valence electrons. The van der Waals surface area contributed by atoms with Gasteiger partial charge < -0.3 is 5.32 Å². The van der Waals surface area contributed by atoms with Gasteiger partial charge >= 0.3 is 6.03 Å². The van der Waals surface area contributed by atoms with Gasteiger partial charge in [0.25, 0.3) is 5.91 Å². The van der Waals surface area contributed by atoms with E-state index in [-0.39, 0.29) is 30.2 Å². The molecule has 2 unspecified atom stereocenters. The molecule has 2 aliphatic carbocycles. The van der Waals surface area contributed by atoms with Crippen molar-refractivity contribution >= 4 is 23.6 Å². The number of carbonyl (C=O) groups excluding carboxylic acids is 4. The van der Waals surface area contributed by atoms with Crippen molar-refractivity contribution in [3.8, 4) is 0 Å². The van der Waals surface area contributed by atoms with Gasteiger partial charge in [0.05, 0.1) is 6.54 Å². The third-order valence-corrected chi connectivity index (χ3v) is 8.81. The Morgan fingerprint density at radius 3 is 2.32 bits per heavy atom. The first-order valence-corrected chi connectivity index (χ1v) is 13.4. The second kappa shape index (κ2) is 10.3. The van der Waals surface area contributed by atoms with Gasteiger partial charge in [-0.3, -0.25) is 24.2 Å². The summed E-state index contributed by atoms with van der Waals surface area (Å²) < 4.78 is 0. The zero-order chi connectivity index (χ0) is 24.3. The van der Waals surface area contributed by atoms with E-state index in [0.29, 0.717) is 13.0 Å². The van der Waals surface area contributed by atoms with Crippen molar-refractivity contribution < 1.29 is 19.2 Å². The number of rotatable bonds is 5. The summed E-state index contributed by atoms with van der Waals surface area (Å²) in [6, 6.07) is -0.649. The van der Waals surface area contributed by atoms with E-state index in [0.717, 1.165) is 60.4 Å². The Bertz CT molecular complexity index is 858.